The maximum absolute atomic E-state index is 3.90. The summed E-state index contributed by atoms with van der Waals surface area (Å²) in [5.41, 5.74) is 1.84. The molecule has 1 aliphatic rings. The highest BCUT2D eigenvalue weighted by Gasteiger charge is 2.39. The molecule has 1 fully saturated rings. The van der Waals surface area contributed by atoms with E-state index in [0.717, 1.165) is 0 Å². The van der Waals surface area contributed by atoms with Crippen molar-refractivity contribution in [3.05, 3.63) is 18.0 Å². The van der Waals surface area contributed by atoms with Gasteiger partial charge in [0.05, 0.1) is 6.20 Å². The molecule has 0 bridgehead atoms. The molecule has 2 rings (SSSR count). The highest BCUT2D eigenvalue weighted by atomic mass is 15.1. The molecule has 1 N–H and O–H groups in total. The Morgan fingerprint density at radius 1 is 1.67 bits per heavy atom. The zero-order valence-corrected chi connectivity index (χ0v) is 5.52. The van der Waals surface area contributed by atoms with Gasteiger partial charge < -0.3 is 0 Å². The number of aromatic amines is 1. The minimum Gasteiger partial charge on any atom is -0.285 e. The van der Waals surface area contributed by atoms with Crippen LogP contribution in [0.25, 0.3) is 0 Å². The van der Waals surface area contributed by atoms with Crippen LogP contribution in [0.2, 0.25) is 0 Å². The molecule has 1 heterocycles. The Morgan fingerprint density at radius 3 is 2.89 bits per heavy atom. The average molecular weight is 122 g/mol. The molecule has 1 aromatic heterocycles. The van der Waals surface area contributed by atoms with Gasteiger partial charge in [0.1, 0.15) is 0 Å². The minimum absolute atomic E-state index is 0.479. The number of nitrogens with one attached hydrogen (secondary N) is 1. The molecule has 0 saturated heterocycles. The van der Waals surface area contributed by atoms with Crippen molar-refractivity contribution in [1.82, 2.24) is 10.2 Å². The van der Waals surface area contributed by atoms with Crippen molar-refractivity contribution >= 4 is 0 Å². The van der Waals surface area contributed by atoms with Crippen molar-refractivity contribution < 1.29 is 0 Å². The highest BCUT2D eigenvalue weighted by molar-refractivity contribution is 5.24. The number of H-pyrrole nitrogens is 1. The molecule has 9 heavy (non-hydrogen) atoms. The predicted octanol–water partition coefficient (Wildman–Crippen LogP) is 1.46. The second-order valence-corrected chi connectivity index (χ2v) is 3.05. The van der Waals surface area contributed by atoms with Gasteiger partial charge in [-0.15, -0.1) is 0 Å². The van der Waals surface area contributed by atoms with Crippen molar-refractivity contribution in [3.8, 4) is 0 Å². The molecule has 1 aromatic rings. The van der Waals surface area contributed by atoms with Crippen LogP contribution in [0.15, 0.2) is 12.4 Å². The fourth-order valence-electron chi connectivity index (χ4n) is 1.06. The smallest absolute Gasteiger partial charge is 0.0524 e. The van der Waals surface area contributed by atoms with Gasteiger partial charge >= 0.3 is 0 Å². The van der Waals surface area contributed by atoms with Gasteiger partial charge in [-0.25, -0.2) is 0 Å². The van der Waals surface area contributed by atoms with E-state index in [4.69, 9.17) is 0 Å². The van der Waals surface area contributed by atoms with Gasteiger partial charge in [-0.05, 0) is 23.8 Å². The lowest BCUT2D eigenvalue weighted by molar-refractivity contribution is 0.789. The minimum atomic E-state index is 0.479. The quantitative estimate of drug-likeness (QED) is 0.600. The van der Waals surface area contributed by atoms with E-state index in [2.05, 4.69) is 17.1 Å². The number of nitrogens with zero attached hydrogens (tertiary/aromatic N) is 1. The van der Waals surface area contributed by atoms with Gasteiger partial charge in [0, 0.05) is 6.20 Å². The van der Waals surface area contributed by atoms with E-state index in [-0.39, 0.29) is 0 Å². The first-order valence-electron chi connectivity index (χ1n) is 3.30. The molecule has 2 nitrogen and oxygen atoms in total. The maximum Gasteiger partial charge on any atom is 0.0524 e. The third kappa shape index (κ3) is 0.661. The number of aromatic nitrogens is 2. The first-order chi connectivity index (χ1) is 4.31. The lowest BCUT2D eigenvalue weighted by atomic mass is 10.0. The van der Waals surface area contributed by atoms with Gasteiger partial charge in [-0.3, -0.25) is 5.10 Å². The molecule has 0 unspecified atom stereocenters. The zero-order valence-electron chi connectivity index (χ0n) is 5.52. The topological polar surface area (TPSA) is 28.7 Å². The van der Waals surface area contributed by atoms with Gasteiger partial charge in [-0.2, -0.15) is 5.10 Å². The average Bonchev–Trinajstić information content (AvgIpc) is 2.46. The number of hydrogen-bond donors (Lipinski definition) is 1. The van der Waals surface area contributed by atoms with Crippen molar-refractivity contribution in [2.45, 2.75) is 25.2 Å². The summed E-state index contributed by atoms with van der Waals surface area (Å²) in [6.07, 6.45) is 6.57. The Morgan fingerprint density at radius 2 is 2.44 bits per heavy atom. The molecule has 0 spiro atoms. The van der Waals surface area contributed by atoms with E-state index in [9.17, 15) is 0 Å². The first-order valence-corrected chi connectivity index (χ1v) is 3.30. The van der Waals surface area contributed by atoms with Gasteiger partial charge in [0.2, 0.25) is 0 Å². The van der Waals surface area contributed by atoms with Crippen LogP contribution < -0.4 is 0 Å². The standard InChI is InChI=1S/C7H10N2/c1-7(2-3-7)6-4-8-9-5-6/h4-5H,2-3H2,1H3,(H,8,9). The molecule has 0 aromatic carbocycles. The van der Waals surface area contributed by atoms with Crippen molar-refractivity contribution in [3.63, 3.8) is 0 Å². The van der Waals surface area contributed by atoms with Crippen molar-refractivity contribution in [2.75, 3.05) is 0 Å². The van der Waals surface area contributed by atoms with E-state index < -0.39 is 0 Å². The largest absolute Gasteiger partial charge is 0.285 e. The summed E-state index contributed by atoms with van der Waals surface area (Å²) in [6.45, 7) is 2.28. The number of rotatable bonds is 1. The normalized spacial score (nSPS) is 21.9. The Balaban J connectivity index is 2.34. The van der Waals surface area contributed by atoms with E-state index in [1.165, 1.54) is 18.4 Å². The van der Waals surface area contributed by atoms with E-state index >= 15 is 0 Å². The molecule has 0 atom stereocenters. The van der Waals surface area contributed by atoms with E-state index in [0.29, 0.717) is 5.41 Å². The lowest BCUT2D eigenvalue weighted by Crippen LogP contribution is -1.95. The van der Waals surface area contributed by atoms with Crippen LogP contribution in [0.1, 0.15) is 25.3 Å². The second kappa shape index (κ2) is 1.38. The highest BCUT2D eigenvalue weighted by Crippen LogP contribution is 2.46. The summed E-state index contributed by atoms with van der Waals surface area (Å²) < 4.78 is 0. The van der Waals surface area contributed by atoms with Crippen molar-refractivity contribution in [1.29, 1.82) is 0 Å². The van der Waals surface area contributed by atoms with Gasteiger partial charge in [0.15, 0.2) is 0 Å². The molecule has 1 saturated carbocycles. The maximum atomic E-state index is 3.90. The van der Waals surface area contributed by atoms with Crippen molar-refractivity contribution in [2.24, 2.45) is 0 Å². The summed E-state index contributed by atoms with van der Waals surface area (Å²) in [7, 11) is 0. The third-order valence-electron chi connectivity index (χ3n) is 2.20. The molecular formula is C7H10N2. The Kier molecular flexibility index (Phi) is 0.770. The Bertz CT molecular complexity index is 197. The van der Waals surface area contributed by atoms with Crippen LogP contribution in [-0.4, -0.2) is 10.2 Å². The lowest BCUT2D eigenvalue weighted by Gasteiger charge is -2.00. The molecule has 0 aliphatic heterocycles. The summed E-state index contributed by atoms with van der Waals surface area (Å²) in [5, 5.41) is 6.73. The molecular weight excluding hydrogens is 112 g/mol. The second-order valence-electron chi connectivity index (χ2n) is 3.05. The Hall–Kier alpha value is -0.790. The van der Waals surface area contributed by atoms with Crippen LogP contribution in [-0.2, 0) is 5.41 Å². The molecule has 0 radical (unpaired) electrons. The number of hydrogen-bond acceptors (Lipinski definition) is 1. The fraction of sp³-hybridized carbons (Fsp3) is 0.571. The first kappa shape index (κ1) is 5.03. The van der Waals surface area contributed by atoms with Gasteiger partial charge in [-0.1, -0.05) is 6.92 Å². The van der Waals surface area contributed by atoms with E-state index in [1.54, 1.807) is 0 Å². The zero-order chi connectivity index (χ0) is 6.32. The summed E-state index contributed by atoms with van der Waals surface area (Å²) in [4.78, 5) is 0. The van der Waals surface area contributed by atoms with Crippen LogP contribution in [0.3, 0.4) is 0 Å². The third-order valence-corrected chi connectivity index (χ3v) is 2.20. The molecule has 48 valence electrons. The molecule has 1 aliphatic carbocycles. The SMILES string of the molecule is CC1(c2cn[nH]c2)CC1. The Labute approximate surface area is 54.3 Å². The fourth-order valence-corrected chi connectivity index (χ4v) is 1.06. The summed E-state index contributed by atoms with van der Waals surface area (Å²) in [5.74, 6) is 0. The summed E-state index contributed by atoms with van der Waals surface area (Å²) in [6, 6.07) is 0. The van der Waals surface area contributed by atoms with E-state index in [1.807, 2.05) is 12.4 Å². The molecule has 2 heteroatoms. The monoisotopic (exact) mass is 122 g/mol. The summed E-state index contributed by atoms with van der Waals surface area (Å²) >= 11 is 0. The van der Waals surface area contributed by atoms with Crippen LogP contribution in [0, 0.1) is 0 Å². The van der Waals surface area contributed by atoms with Crippen LogP contribution in [0.5, 0.6) is 0 Å². The van der Waals surface area contributed by atoms with Gasteiger partial charge in [0.25, 0.3) is 0 Å². The van der Waals surface area contributed by atoms with Crippen LogP contribution >= 0.6 is 0 Å². The molecule has 0 amide bonds. The predicted molar refractivity (Wildman–Crippen MR) is 35.2 cm³/mol. The van der Waals surface area contributed by atoms with Crippen LogP contribution in [0.4, 0.5) is 0 Å².